The first-order chi connectivity index (χ1) is 4.47. The van der Waals surface area contributed by atoms with Gasteiger partial charge in [0.25, 0.3) is 0 Å². The molecule has 0 aliphatic rings. The van der Waals surface area contributed by atoms with Gasteiger partial charge in [-0.15, -0.1) is 0 Å². The number of rotatable bonds is 0. The van der Waals surface area contributed by atoms with E-state index >= 15 is 0 Å². The molecule has 2 rings (SSSR count). The van der Waals surface area contributed by atoms with Crippen molar-refractivity contribution in [1.82, 2.24) is 10.2 Å². The van der Waals surface area contributed by atoms with Crippen molar-refractivity contribution in [2.45, 2.75) is 0 Å². The summed E-state index contributed by atoms with van der Waals surface area (Å²) in [5, 5.41) is 7.81. The summed E-state index contributed by atoms with van der Waals surface area (Å²) in [6.45, 7) is 0. The molecule has 1 aromatic carbocycles. The van der Waals surface area contributed by atoms with Crippen LogP contribution >= 0.6 is 0 Å². The summed E-state index contributed by atoms with van der Waals surface area (Å²) in [6, 6.07) is 8.67. The number of aromatic nitrogens is 2. The second-order valence-electron chi connectivity index (χ2n) is 1.88. The quantitative estimate of drug-likeness (QED) is 0.557. The maximum atomic E-state index is 3.86. The second-order valence-corrected chi connectivity index (χ2v) is 1.88. The molecule has 1 N–H and O–H groups in total. The number of hydrogen-bond acceptors (Lipinski definition) is 1. The van der Waals surface area contributed by atoms with E-state index in [-0.39, 0.29) is 1.43 Å². The highest BCUT2D eigenvalue weighted by Gasteiger charge is 1.88. The van der Waals surface area contributed by atoms with Crippen LogP contribution in [0.15, 0.2) is 24.4 Å². The fraction of sp³-hybridized carbons (Fsp3) is 0. The molecule has 0 saturated heterocycles. The van der Waals surface area contributed by atoms with E-state index in [2.05, 4.69) is 16.3 Å². The SMILES string of the molecule is [H+].[c]1ccc2[nH]ncc2c1. The largest absolute Gasteiger partial charge is 1.00 e. The smallest absolute Gasteiger partial charge is 0.278 e. The van der Waals surface area contributed by atoms with Gasteiger partial charge in [-0.2, -0.15) is 5.10 Å². The number of H-pyrrole nitrogens is 1. The number of nitrogens with one attached hydrogen (secondary N) is 1. The molecule has 0 atom stereocenters. The lowest BCUT2D eigenvalue weighted by atomic mass is 10.3. The van der Waals surface area contributed by atoms with E-state index in [1.807, 2.05) is 18.2 Å². The lowest BCUT2D eigenvalue weighted by molar-refractivity contribution is 1.12. The minimum absolute atomic E-state index is 0. The van der Waals surface area contributed by atoms with Crippen LogP contribution in [-0.4, -0.2) is 10.2 Å². The normalized spacial score (nSPS) is 10.2. The molecule has 0 aliphatic carbocycles. The number of hydrogen-bond donors (Lipinski definition) is 1. The van der Waals surface area contributed by atoms with Crippen LogP contribution in [0.3, 0.4) is 0 Å². The minimum Gasteiger partial charge on any atom is -0.278 e. The minimum atomic E-state index is 0. The number of aromatic amines is 1. The Hall–Kier alpha value is -1.31. The van der Waals surface area contributed by atoms with E-state index in [0.717, 1.165) is 10.9 Å². The predicted molar refractivity (Wildman–Crippen MR) is 36.0 cm³/mol. The molecule has 0 saturated carbocycles. The Morgan fingerprint density at radius 1 is 1.67 bits per heavy atom. The zero-order valence-electron chi connectivity index (χ0n) is 5.76. The van der Waals surface area contributed by atoms with Crippen molar-refractivity contribution in [1.29, 1.82) is 0 Å². The van der Waals surface area contributed by atoms with Gasteiger partial charge in [0, 0.05) is 5.39 Å². The van der Waals surface area contributed by atoms with Crippen molar-refractivity contribution in [3.8, 4) is 0 Å². The second kappa shape index (κ2) is 1.58. The molecule has 1 aromatic heterocycles. The average Bonchev–Trinajstić information content (AvgIpc) is 2.33. The van der Waals surface area contributed by atoms with Crippen molar-refractivity contribution in [3.63, 3.8) is 0 Å². The van der Waals surface area contributed by atoms with Crippen LogP contribution in [0.4, 0.5) is 0 Å². The van der Waals surface area contributed by atoms with Gasteiger partial charge in [-0.25, -0.2) is 0 Å². The topological polar surface area (TPSA) is 28.7 Å². The third-order valence-corrected chi connectivity index (χ3v) is 1.28. The summed E-state index contributed by atoms with van der Waals surface area (Å²) >= 11 is 0. The first kappa shape index (κ1) is 4.56. The van der Waals surface area contributed by atoms with Crippen LogP contribution in [0.1, 0.15) is 1.43 Å². The molecule has 2 heteroatoms. The highest BCUT2D eigenvalue weighted by atomic mass is 15.1. The van der Waals surface area contributed by atoms with Crippen molar-refractivity contribution in [3.05, 3.63) is 30.5 Å². The predicted octanol–water partition coefficient (Wildman–Crippen LogP) is 1.48. The Morgan fingerprint density at radius 3 is 3.56 bits per heavy atom. The summed E-state index contributed by atoms with van der Waals surface area (Å²) in [5.74, 6) is 0. The van der Waals surface area contributed by atoms with Crippen molar-refractivity contribution >= 4 is 10.9 Å². The van der Waals surface area contributed by atoms with Gasteiger partial charge in [0.1, 0.15) is 0 Å². The Bertz CT molecular complexity index is 286. The Labute approximate surface area is 54.0 Å². The fourth-order valence-corrected chi connectivity index (χ4v) is 0.823. The third kappa shape index (κ3) is 0.598. The zero-order chi connectivity index (χ0) is 6.10. The van der Waals surface area contributed by atoms with Crippen LogP contribution in [0.25, 0.3) is 10.9 Å². The molecule has 0 fully saturated rings. The third-order valence-electron chi connectivity index (χ3n) is 1.28. The van der Waals surface area contributed by atoms with Crippen LogP contribution < -0.4 is 0 Å². The molecule has 0 unspecified atom stereocenters. The van der Waals surface area contributed by atoms with Crippen molar-refractivity contribution in [2.75, 3.05) is 0 Å². The molecule has 2 nitrogen and oxygen atoms in total. The molecular formula is C7H6N2+. The summed E-state index contributed by atoms with van der Waals surface area (Å²) in [5.41, 5.74) is 1.06. The van der Waals surface area contributed by atoms with Gasteiger partial charge >= 0.3 is 1.43 Å². The fourth-order valence-electron chi connectivity index (χ4n) is 0.823. The van der Waals surface area contributed by atoms with Crippen molar-refractivity contribution in [2.24, 2.45) is 0 Å². The van der Waals surface area contributed by atoms with Crippen LogP contribution in [0.2, 0.25) is 0 Å². The van der Waals surface area contributed by atoms with E-state index in [1.54, 1.807) is 6.20 Å². The van der Waals surface area contributed by atoms with E-state index in [4.69, 9.17) is 0 Å². The molecule has 0 amide bonds. The number of fused-ring (bicyclic) bond motifs is 1. The lowest BCUT2D eigenvalue weighted by Gasteiger charge is -1.80. The first-order valence-electron chi connectivity index (χ1n) is 2.76. The van der Waals surface area contributed by atoms with E-state index in [0.29, 0.717) is 0 Å². The summed E-state index contributed by atoms with van der Waals surface area (Å²) in [4.78, 5) is 0. The van der Waals surface area contributed by atoms with Gasteiger partial charge in [0.05, 0.1) is 11.7 Å². The van der Waals surface area contributed by atoms with Crippen molar-refractivity contribution < 1.29 is 1.43 Å². The van der Waals surface area contributed by atoms with E-state index < -0.39 is 0 Å². The molecule has 0 spiro atoms. The van der Waals surface area contributed by atoms with Crippen LogP contribution in [0, 0.1) is 6.07 Å². The molecule has 9 heavy (non-hydrogen) atoms. The van der Waals surface area contributed by atoms with Gasteiger partial charge in [-0.3, -0.25) is 5.10 Å². The van der Waals surface area contributed by atoms with Gasteiger partial charge in [0.15, 0.2) is 0 Å². The van der Waals surface area contributed by atoms with Gasteiger partial charge in [-0.1, -0.05) is 6.07 Å². The molecule has 1 radical (unpaired) electrons. The van der Waals surface area contributed by atoms with Gasteiger partial charge < -0.3 is 0 Å². The molecular weight excluding hydrogens is 112 g/mol. The Balaban J connectivity index is 0.000000500. The van der Waals surface area contributed by atoms with Gasteiger partial charge in [-0.05, 0) is 18.2 Å². The Morgan fingerprint density at radius 2 is 2.67 bits per heavy atom. The van der Waals surface area contributed by atoms with E-state index in [1.165, 1.54) is 0 Å². The lowest BCUT2D eigenvalue weighted by Crippen LogP contribution is -1.64. The standard InChI is InChI=1S/C7H5N2/c1-2-4-7-6(3-1)5-8-9-7/h2-5H,(H,8,9)/p+1. The highest BCUT2D eigenvalue weighted by Crippen LogP contribution is 2.06. The summed E-state index contributed by atoms with van der Waals surface area (Å²) in [6.07, 6.45) is 1.78. The number of nitrogens with zero attached hydrogens (tertiary/aromatic N) is 1. The van der Waals surface area contributed by atoms with Crippen LogP contribution in [-0.2, 0) is 0 Å². The molecule has 2 aromatic rings. The maximum Gasteiger partial charge on any atom is 1.00 e. The Kier molecular flexibility index (Phi) is 0.803. The highest BCUT2D eigenvalue weighted by molar-refractivity contribution is 5.77. The molecule has 0 bridgehead atoms. The van der Waals surface area contributed by atoms with Gasteiger partial charge in [0.2, 0.25) is 0 Å². The zero-order valence-corrected chi connectivity index (χ0v) is 4.76. The molecule has 43 valence electrons. The first-order valence-corrected chi connectivity index (χ1v) is 2.76. The maximum absolute atomic E-state index is 3.86. The summed E-state index contributed by atoms with van der Waals surface area (Å²) in [7, 11) is 0. The monoisotopic (exact) mass is 118 g/mol. The molecule has 0 aliphatic heterocycles. The van der Waals surface area contributed by atoms with E-state index in [9.17, 15) is 0 Å². The number of benzene rings is 1. The van der Waals surface area contributed by atoms with Crippen LogP contribution in [0.5, 0.6) is 0 Å². The average molecular weight is 118 g/mol. The molecule has 1 heterocycles. The summed E-state index contributed by atoms with van der Waals surface area (Å²) < 4.78 is 0.